The van der Waals surface area contributed by atoms with E-state index in [1.165, 1.54) is 0 Å². The Morgan fingerprint density at radius 2 is 1.69 bits per heavy atom. The normalized spacial score (nSPS) is 11.3. The van der Waals surface area contributed by atoms with Gasteiger partial charge in [-0.15, -0.1) is 0 Å². The number of sulfone groups is 1. The molecular formula is C26H25ClN2O5S. The average molecular weight is 513 g/mol. The number of methoxy groups -OCH3 is 2. The van der Waals surface area contributed by atoms with Crippen LogP contribution in [0.25, 0.3) is 11.5 Å². The minimum atomic E-state index is -3.95. The van der Waals surface area contributed by atoms with Gasteiger partial charge in [0.2, 0.25) is 26.6 Å². The van der Waals surface area contributed by atoms with Crippen LogP contribution in [0.3, 0.4) is 0 Å². The predicted octanol–water partition coefficient (Wildman–Crippen LogP) is 5.81. The molecule has 9 heteroatoms. The number of aryl methyl sites for hydroxylation is 1. The van der Waals surface area contributed by atoms with Gasteiger partial charge in [0.15, 0.2) is 11.5 Å². The van der Waals surface area contributed by atoms with Crippen LogP contribution in [0.2, 0.25) is 5.02 Å². The van der Waals surface area contributed by atoms with Gasteiger partial charge in [0, 0.05) is 6.54 Å². The summed E-state index contributed by atoms with van der Waals surface area (Å²) < 4.78 is 43.5. The van der Waals surface area contributed by atoms with E-state index < -0.39 is 9.84 Å². The predicted molar refractivity (Wildman–Crippen MR) is 135 cm³/mol. The molecule has 0 saturated heterocycles. The first-order valence-corrected chi connectivity index (χ1v) is 12.7. The van der Waals surface area contributed by atoms with Crippen LogP contribution in [-0.2, 0) is 16.3 Å². The van der Waals surface area contributed by atoms with Crippen molar-refractivity contribution < 1.29 is 22.3 Å². The molecule has 0 atom stereocenters. The summed E-state index contributed by atoms with van der Waals surface area (Å²) in [7, 11) is -0.793. The highest BCUT2D eigenvalue weighted by Crippen LogP contribution is 2.35. The minimum Gasteiger partial charge on any atom is -0.493 e. The molecule has 0 aliphatic carbocycles. The highest BCUT2D eigenvalue weighted by atomic mass is 35.5. The Hall–Kier alpha value is -3.49. The zero-order chi connectivity index (χ0) is 25.0. The zero-order valence-corrected chi connectivity index (χ0v) is 21.1. The molecule has 0 amide bonds. The molecule has 0 fully saturated rings. The number of ether oxygens (including phenoxy) is 2. The van der Waals surface area contributed by atoms with Crippen molar-refractivity contribution in [3.05, 3.63) is 82.9 Å². The van der Waals surface area contributed by atoms with Crippen LogP contribution in [-0.4, -0.2) is 34.2 Å². The largest absolute Gasteiger partial charge is 0.493 e. The number of anilines is 1. The van der Waals surface area contributed by atoms with Gasteiger partial charge < -0.3 is 19.2 Å². The maximum atomic E-state index is 13.5. The first kappa shape index (κ1) is 24.6. The molecule has 182 valence electrons. The van der Waals surface area contributed by atoms with Crippen LogP contribution in [0.4, 0.5) is 5.88 Å². The van der Waals surface area contributed by atoms with Crippen molar-refractivity contribution >= 4 is 27.3 Å². The van der Waals surface area contributed by atoms with Gasteiger partial charge in [-0.2, -0.15) is 4.98 Å². The number of halogens is 1. The number of benzene rings is 3. The van der Waals surface area contributed by atoms with Gasteiger partial charge in [0.25, 0.3) is 0 Å². The highest BCUT2D eigenvalue weighted by Gasteiger charge is 2.29. The first-order chi connectivity index (χ1) is 16.8. The van der Waals surface area contributed by atoms with Gasteiger partial charge in [-0.05, 0) is 55.3 Å². The summed E-state index contributed by atoms with van der Waals surface area (Å²) in [4.78, 5) is 4.48. The number of hydrogen-bond acceptors (Lipinski definition) is 7. The summed E-state index contributed by atoms with van der Waals surface area (Å²) in [5.74, 6) is 1.43. The van der Waals surface area contributed by atoms with Crippen molar-refractivity contribution in [2.45, 2.75) is 23.3 Å². The van der Waals surface area contributed by atoms with E-state index in [0.29, 0.717) is 35.1 Å². The molecule has 0 aliphatic heterocycles. The van der Waals surface area contributed by atoms with Crippen LogP contribution in [0, 0.1) is 6.92 Å². The zero-order valence-electron chi connectivity index (χ0n) is 19.5. The van der Waals surface area contributed by atoms with E-state index in [-0.39, 0.29) is 21.7 Å². The van der Waals surface area contributed by atoms with Crippen LogP contribution < -0.4 is 14.8 Å². The van der Waals surface area contributed by atoms with Crippen molar-refractivity contribution in [1.82, 2.24) is 4.98 Å². The number of nitrogens with zero attached hydrogens (tertiary/aromatic N) is 1. The van der Waals surface area contributed by atoms with Gasteiger partial charge in [-0.1, -0.05) is 47.5 Å². The summed E-state index contributed by atoms with van der Waals surface area (Å²) in [5, 5.41) is 3.32. The Kier molecular flexibility index (Phi) is 7.33. The molecule has 4 aromatic rings. The number of aromatic nitrogens is 1. The van der Waals surface area contributed by atoms with E-state index in [1.807, 2.05) is 25.1 Å². The number of hydrogen-bond donors (Lipinski definition) is 1. The van der Waals surface area contributed by atoms with Crippen molar-refractivity contribution in [3.8, 4) is 23.0 Å². The minimum absolute atomic E-state index is 0.0565. The van der Waals surface area contributed by atoms with Crippen LogP contribution >= 0.6 is 11.6 Å². The van der Waals surface area contributed by atoms with Crippen molar-refractivity contribution in [2.75, 3.05) is 26.1 Å². The second kappa shape index (κ2) is 10.4. The van der Waals surface area contributed by atoms with Crippen molar-refractivity contribution in [2.24, 2.45) is 0 Å². The summed E-state index contributed by atoms with van der Waals surface area (Å²) >= 11 is 6.31. The molecule has 35 heavy (non-hydrogen) atoms. The van der Waals surface area contributed by atoms with E-state index in [2.05, 4.69) is 10.3 Å². The molecular weight excluding hydrogens is 488 g/mol. The monoisotopic (exact) mass is 512 g/mol. The van der Waals surface area contributed by atoms with E-state index in [4.69, 9.17) is 25.5 Å². The van der Waals surface area contributed by atoms with Gasteiger partial charge in [-0.25, -0.2) is 8.42 Å². The third kappa shape index (κ3) is 5.28. The smallest absolute Gasteiger partial charge is 0.233 e. The summed E-state index contributed by atoms with van der Waals surface area (Å²) in [5.41, 5.74) is 2.43. The Morgan fingerprint density at radius 1 is 0.971 bits per heavy atom. The van der Waals surface area contributed by atoms with Crippen LogP contribution in [0.15, 0.2) is 81.1 Å². The maximum Gasteiger partial charge on any atom is 0.233 e. The van der Waals surface area contributed by atoms with E-state index >= 15 is 0 Å². The molecule has 0 spiro atoms. The lowest BCUT2D eigenvalue weighted by atomic mass is 10.1. The second-order valence-corrected chi connectivity index (χ2v) is 10.1. The topological polar surface area (TPSA) is 90.7 Å². The van der Waals surface area contributed by atoms with Crippen molar-refractivity contribution in [3.63, 3.8) is 0 Å². The molecule has 0 radical (unpaired) electrons. The fourth-order valence-corrected chi connectivity index (χ4v) is 5.03. The third-order valence-electron chi connectivity index (χ3n) is 5.43. The summed E-state index contributed by atoms with van der Waals surface area (Å²) in [6, 6.07) is 19.2. The SMILES string of the molecule is COc1ccc(CCNc2oc(-c3ccccc3Cl)nc2S(=O)(=O)c2ccc(C)cc2)cc1OC. The molecule has 4 rings (SSSR count). The van der Waals surface area contributed by atoms with E-state index in [0.717, 1.165) is 11.1 Å². The quantitative estimate of drug-likeness (QED) is 0.302. The molecule has 1 N–H and O–H groups in total. The van der Waals surface area contributed by atoms with Crippen LogP contribution in [0.1, 0.15) is 11.1 Å². The second-order valence-electron chi connectivity index (χ2n) is 7.82. The number of rotatable bonds is 9. The van der Waals surface area contributed by atoms with Gasteiger partial charge in [0.05, 0.1) is 29.7 Å². The first-order valence-electron chi connectivity index (χ1n) is 10.9. The van der Waals surface area contributed by atoms with Gasteiger partial charge in [0.1, 0.15) is 0 Å². The molecule has 0 bridgehead atoms. The summed E-state index contributed by atoms with van der Waals surface area (Å²) in [6.07, 6.45) is 0.576. The highest BCUT2D eigenvalue weighted by molar-refractivity contribution is 7.91. The molecule has 0 unspecified atom stereocenters. The lowest BCUT2D eigenvalue weighted by Gasteiger charge is -2.10. The Balaban J connectivity index is 1.66. The molecule has 7 nitrogen and oxygen atoms in total. The van der Waals surface area contributed by atoms with E-state index in [9.17, 15) is 8.42 Å². The van der Waals surface area contributed by atoms with Crippen molar-refractivity contribution in [1.29, 1.82) is 0 Å². The lowest BCUT2D eigenvalue weighted by molar-refractivity contribution is 0.354. The average Bonchev–Trinajstić information content (AvgIpc) is 3.29. The molecule has 1 heterocycles. The number of oxazole rings is 1. The standard InChI is InChI=1S/C26H25ClN2O5S/c1-17-8-11-19(12-9-17)35(30,31)26-25(34-24(29-26)20-6-4-5-7-21(20)27)28-15-14-18-10-13-22(32-2)23(16-18)33-3/h4-13,16,28H,14-15H2,1-3H3. The molecule has 3 aromatic carbocycles. The lowest BCUT2D eigenvalue weighted by Crippen LogP contribution is -2.10. The van der Waals surface area contributed by atoms with Crippen LogP contribution in [0.5, 0.6) is 11.5 Å². The van der Waals surface area contributed by atoms with E-state index in [1.54, 1.807) is 62.8 Å². The number of nitrogens with one attached hydrogen (secondary N) is 1. The Labute approximate surface area is 209 Å². The maximum absolute atomic E-state index is 13.5. The van der Waals surface area contributed by atoms with Gasteiger partial charge >= 0.3 is 0 Å². The Bertz CT molecular complexity index is 1430. The fourth-order valence-electron chi connectivity index (χ4n) is 3.54. The summed E-state index contributed by atoms with van der Waals surface area (Å²) in [6.45, 7) is 2.28. The molecule has 0 saturated carbocycles. The molecule has 1 aromatic heterocycles. The molecule has 0 aliphatic rings. The fraction of sp³-hybridized carbons (Fsp3) is 0.192. The third-order valence-corrected chi connectivity index (χ3v) is 7.44. The Morgan fingerprint density at radius 3 is 2.37 bits per heavy atom. The van der Waals surface area contributed by atoms with Gasteiger partial charge in [-0.3, -0.25) is 0 Å².